The second-order valence-corrected chi connectivity index (χ2v) is 5.07. The van der Waals surface area contributed by atoms with Crippen LogP contribution < -0.4 is 5.32 Å². The van der Waals surface area contributed by atoms with Crippen molar-refractivity contribution in [3.8, 4) is 0 Å². The van der Waals surface area contributed by atoms with Crippen LogP contribution in [0.15, 0.2) is 45.5 Å². The molecule has 0 fully saturated rings. The number of furan rings is 1. The summed E-state index contributed by atoms with van der Waals surface area (Å²) in [5.74, 6) is 0.932. The summed E-state index contributed by atoms with van der Waals surface area (Å²) < 4.78 is 6.59. The van der Waals surface area contributed by atoms with Crippen LogP contribution in [-0.2, 0) is 6.42 Å². The summed E-state index contributed by atoms with van der Waals surface area (Å²) >= 11 is 3.53. The van der Waals surface area contributed by atoms with E-state index in [0.29, 0.717) is 0 Å². The molecule has 1 heterocycles. The van der Waals surface area contributed by atoms with Crippen molar-refractivity contribution in [2.24, 2.45) is 0 Å². The van der Waals surface area contributed by atoms with Crippen molar-refractivity contribution in [3.63, 3.8) is 0 Å². The molecule has 0 spiro atoms. The molecule has 1 aromatic heterocycles. The molecule has 1 aromatic carbocycles. The highest BCUT2D eigenvalue weighted by Gasteiger charge is 2.18. The van der Waals surface area contributed by atoms with Gasteiger partial charge in [0, 0.05) is 0 Å². The molecule has 0 amide bonds. The summed E-state index contributed by atoms with van der Waals surface area (Å²) in [4.78, 5) is 0. The predicted molar refractivity (Wildman–Crippen MR) is 77.7 cm³/mol. The second-order valence-electron chi connectivity index (χ2n) is 4.22. The molecule has 0 saturated heterocycles. The second kappa shape index (κ2) is 6.21. The minimum atomic E-state index is 0.102. The van der Waals surface area contributed by atoms with E-state index in [4.69, 9.17) is 4.42 Å². The first kappa shape index (κ1) is 13.4. The van der Waals surface area contributed by atoms with Crippen LogP contribution in [-0.4, -0.2) is 6.54 Å². The fourth-order valence-electron chi connectivity index (χ4n) is 2.02. The fourth-order valence-corrected chi connectivity index (χ4v) is 2.45. The van der Waals surface area contributed by atoms with Gasteiger partial charge in [0.15, 0.2) is 0 Å². The summed E-state index contributed by atoms with van der Waals surface area (Å²) in [6, 6.07) is 10.7. The zero-order chi connectivity index (χ0) is 13.0. The Morgan fingerprint density at radius 3 is 2.39 bits per heavy atom. The lowest BCUT2D eigenvalue weighted by atomic mass is 10.0. The average Bonchev–Trinajstić information content (AvgIpc) is 2.82. The van der Waals surface area contributed by atoms with E-state index in [1.54, 1.807) is 6.26 Å². The molecular weight excluding hydrogens is 290 g/mol. The Balaban J connectivity index is 2.32. The Bertz CT molecular complexity index is 489. The van der Waals surface area contributed by atoms with Gasteiger partial charge >= 0.3 is 0 Å². The monoisotopic (exact) mass is 307 g/mol. The maximum Gasteiger partial charge on any atom is 0.139 e. The molecule has 0 aliphatic heterocycles. The number of halogens is 1. The third-order valence-corrected chi connectivity index (χ3v) is 3.69. The SMILES string of the molecule is CCNC(c1ccc(CC)cc1)c1occc1Br. The molecule has 1 atom stereocenters. The van der Waals surface area contributed by atoms with Crippen LogP contribution in [0.1, 0.15) is 36.8 Å². The van der Waals surface area contributed by atoms with Crippen molar-refractivity contribution in [1.29, 1.82) is 0 Å². The van der Waals surface area contributed by atoms with E-state index in [1.165, 1.54) is 11.1 Å². The molecule has 2 rings (SSSR count). The quantitative estimate of drug-likeness (QED) is 0.890. The highest BCUT2D eigenvalue weighted by atomic mass is 79.9. The third kappa shape index (κ3) is 2.85. The van der Waals surface area contributed by atoms with Gasteiger partial charge in [0.25, 0.3) is 0 Å². The van der Waals surface area contributed by atoms with Crippen LogP contribution in [0.25, 0.3) is 0 Å². The van der Waals surface area contributed by atoms with Gasteiger partial charge in [0.2, 0.25) is 0 Å². The van der Waals surface area contributed by atoms with Gasteiger partial charge in [0.05, 0.1) is 16.8 Å². The van der Waals surface area contributed by atoms with Gasteiger partial charge in [-0.3, -0.25) is 0 Å². The number of hydrogen-bond acceptors (Lipinski definition) is 2. The van der Waals surface area contributed by atoms with E-state index in [-0.39, 0.29) is 6.04 Å². The van der Waals surface area contributed by atoms with Gasteiger partial charge in [-0.1, -0.05) is 38.1 Å². The number of rotatable bonds is 5. The number of nitrogens with one attached hydrogen (secondary N) is 1. The summed E-state index contributed by atoms with van der Waals surface area (Å²) in [5.41, 5.74) is 2.58. The zero-order valence-electron chi connectivity index (χ0n) is 10.7. The van der Waals surface area contributed by atoms with E-state index < -0.39 is 0 Å². The first-order chi connectivity index (χ1) is 8.76. The molecule has 2 aromatic rings. The molecule has 1 unspecified atom stereocenters. The molecule has 0 saturated carbocycles. The van der Waals surface area contributed by atoms with Crippen LogP contribution in [0.3, 0.4) is 0 Å². The van der Waals surface area contributed by atoms with Crippen molar-refractivity contribution < 1.29 is 4.42 Å². The standard InChI is InChI=1S/C15H18BrNO/c1-3-11-5-7-12(8-6-11)14(17-4-2)15-13(16)9-10-18-15/h5-10,14,17H,3-4H2,1-2H3. The van der Waals surface area contributed by atoms with Gasteiger partial charge in [-0.15, -0.1) is 0 Å². The normalized spacial score (nSPS) is 12.6. The number of benzene rings is 1. The topological polar surface area (TPSA) is 25.2 Å². The van der Waals surface area contributed by atoms with Crippen LogP contribution in [0.4, 0.5) is 0 Å². The Labute approximate surface area is 117 Å². The lowest BCUT2D eigenvalue weighted by Crippen LogP contribution is -2.21. The van der Waals surface area contributed by atoms with E-state index >= 15 is 0 Å². The highest BCUT2D eigenvalue weighted by Crippen LogP contribution is 2.29. The number of aryl methyl sites for hydroxylation is 1. The molecule has 1 N–H and O–H groups in total. The predicted octanol–water partition coefficient (Wildman–Crippen LogP) is 4.30. The molecule has 18 heavy (non-hydrogen) atoms. The van der Waals surface area contributed by atoms with Crippen molar-refractivity contribution >= 4 is 15.9 Å². The van der Waals surface area contributed by atoms with E-state index in [1.807, 2.05) is 6.07 Å². The molecule has 0 radical (unpaired) electrons. The largest absolute Gasteiger partial charge is 0.466 e. The Kier molecular flexibility index (Phi) is 4.61. The van der Waals surface area contributed by atoms with Gasteiger partial charge in [0.1, 0.15) is 5.76 Å². The average molecular weight is 308 g/mol. The molecule has 0 aliphatic carbocycles. The first-order valence-electron chi connectivity index (χ1n) is 6.31. The minimum Gasteiger partial charge on any atom is -0.466 e. The summed E-state index contributed by atoms with van der Waals surface area (Å²) in [6.07, 6.45) is 2.78. The molecule has 96 valence electrons. The Morgan fingerprint density at radius 2 is 1.89 bits per heavy atom. The van der Waals surface area contributed by atoms with E-state index in [9.17, 15) is 0 Å². The fraction of sp³-hybridized carbons (Fsp3) is 0.333. The minimum absolute atomic E-state index is 0.102. The van der Waals surface area contributed by atoms with Crippen LogP contribution in [0, 0.1) is 0 Å². The van der Waals surface area contributed by atoms with E-state index in [2.05, 4.69) is 59.4 Å². The van der Waals surface area contributed by atoms with Crippen LogP contribution >= 0.6 is 15.9 Å². The molecular formula is C15H18BrNO. The van der Waals surface area contributed by atoms with Gasteiger partial charge in [-0.25, -0.2) is 0 Å². The third-order valence-electron chi connectivity index (χ3n) is 3.04. The molecule has 2 nitrogen and oxygen atoms in total. The zero-order valence-corrected chi connectivity index (χ0v) is 12.3. The lowest BCUT2D eigenvalue weighted by molar-refractivity contribution is 0.450. The van der Waals surface area contributed by atoms with Crippen LogP contribution in [0.2, 0.25) is 0 Å². The van der Waals surface area contributed by atoms with Gasteiger partial charge < -0.3 is 9.73 Å². The number of hydrogen-bond donors (Lipinski definition) is 1. The van der Waals surface area contributed by atoms with Crippen molar-refractivity contribution in [1.82, 2.24) is 5.32 Å². The van der Waals surface area contributed by atoms with Crippen molar-refractivity contribution in [3.05, 3.63) is 58.0 Å². The molecule has 0 bridgehead atoms. The van der Waals surface area contributed by atoms with E-state index in [0.717, 1.165) is 23.2 Å². The Morgan fingerprint density at radius 1 is 1.17 bits per heavy atom. The van der Waals surface area contributed by atoms with Crippen LogP contribution in [0.5, 0.6) is 0 Å². The Hall–Kier alpha value is -1.06. The highest BCUT2D eigenvalue weighted by molar-refractivity contribution is 9.10. The maximum absolute atomic E-state index is 5.58. The first-order valence-corrected chi connectivity index (χ1v) is 7.10. The maximum atomic E-state index is 5.58. The van der Waals surface area contributed by atoms with Crippen molar-refractivity contribution in [2.75, 3.05) is 6.54 Å². The molecule has 0 aliphatic rings. The van der Waals surface area contributed by atoms with Gasteiger partial charge in [-0.2, -0.15) is 0 Å². The summed E-state index contributed by atoms with van der Waals surface area (Å²) in [5, 5.41) is 3.46. The smallest absolute Gasteiger partial charge is 0.139 e. The summed E-state index contributed by atoms with van der Waals surface area (Å²) in [7, 11) is 0. The molecule has 3 heteroatoms. The van der Waals surface area contributed by atoms with Gasteiger partial charge in [-0.05, 0) is 46.1 Å². The van der Waals surface area contributed by atoms with Crippen molar-refractivity contribution in [2.45, 2.75) is 26.3 Å². The summed E-state index contributed by atoms with van der Waals surface area (Å²) in [6.45, 7) is 5.16. The lowest BCUT2D eigenvalue weighted by Gasteiger charge is -2.17.